The number of nitrogens with one attached hydrogen (secondary N) is 3. The molecule has 2 aromatic carbocycles. The number of nitrogens with zero attached hydrogens (tertiary/aromatic N) is 1. The average molecular weight is 405 g/mol. The molecule has 1 fully saturated rings. The normalized spacial score (nSPS) is 23.7. The first-order valence-corrected chi connectivity index (χ1v) is 10.1. The first-order chi connectivity index (χ1) is 14.5. The Labute approximate surface area is 175 Å². The zero-order valence-electron chi connectivity index (χ0n) is 16.9. The molecule has 0 saturated carbocycles. The van der Waals surface area contributed by atoms with E-state index in [1.54, 1.807) is 31.2 Å². The highest BCUT2D eigenvalue weighted by Crippen LogP contribution is 2.27. The predicted molar refractivity (Wildman–Crippen MR) is 112 cm³/mol. The number of carbonyl (C=O) groups excluding carboxylic acids is 3. The molecule has 30 heavy (non-hydrogen) atoms. The average Bonchev–Trinajstić information content (AvgIpc) is 2.99. The molecule has 7 nitrogen and oxygen atoms in total. The number of hydrogen-bond acceptors (Lipinski definition) is 3. The van der Waals surface area contributed by atoms with Crippen molar-refractivity contribution in [2.75, 3.05) is 19.6 Å². The highest BCUT2D eigenvalue weighted by molar-refractivity contribution is 6.08. The van der Waals surface area contributed by atoms with Gasteiger partial charge in [-0.3, -0.25) is 15.0 Å². The van der Waals surface area contributed by atoms with E-state index in [1.165, 1.54) is 11.1 Å². The van der Waals surface area contributed by atoms with Crippen LogP contribution in [-0.2, 0) is 15.1 Å². The summed E-state index contributed by atoms with van der Waals surface area (Å²) in [7, 11) is 0. The minimum absolute atomic E-state index is 0.192. The Balaban J connectivity index is 1.36. The summed E-state index contributed by atoms with van der Waals surface area (Å²) in [5, 5.41) is 3.48. The zero-order chi connectivity index (χ0) is 21.1. The summed E-state index contributed by atoms with van der Waals surface area (Å²) in [6, 6.07) is 18.6. The van der Waals surface area contributed by atoms with Gasteiger partial charge in [-0.05, 0) is 29.7 Å². The molecule has 0 bridgehead atoms. The number of quaternary nitrogens is 1. The van der Waals surface area contributed by atoms with Crippen molar-refractivity contribution in [3.8, 4) is 0 Å². The number of benzene rings is 2. The molecule has 2 aromatic rings. The monoisotopic (exact) mass is 405 g/mol. The molecule has 0 aliphatic carbocycles. The number of hydrazine groups is 1. The largest absolute Gasteiger partial charge is 0.344 e. The fraction of sp³-hybridized carbons (Fsp3) is 0.261. The maximum Gasteiger partial charge on any atom is 0.344 e. The predicted octanol–water partition coefficient (Wildman–Crippen LogP) is 0.857. The van der Waals surface area contributed by atoms with E-state index in [2.05, 4.69) is 29.0 Å². The van der Waals surface area contributed by atoms with Gasteiger partial charge in [0.1, 0.15) is 5.54 Å². The SMILES string of the molecule is C[C@@]1(c2ccccc2)NC(=O)N(NC(=O)C[NH+]2CC=C(c3ccccc3)CC2)C1=O. The molecule has 2 heterocycles. The van der Waals surface area contributed by atoms with Crippen molar-refractivity contribution in [1.82, 2.24) is 15.8 Å². The van der Waals surface area contributed by atoms with Crippen molar-refractivity contribution >= 4 is 23.4 Å². The second-order valence-electron chi connectivity index (χ2n) is 7.82. The number of carbonyl (C=O) groups is 3. The molecule has 4 amide bonds. The summed E-state index contributed by atoms with van der Waals surface area (Å²) in [4.78, 5) is 38.9. The summed E-state index contributed by atoms with van der Waals surface area (Å²) < 4.78 is 0. The molecule has 1 unspecified atom stereocenters. The summed E-state index contributed by atoms with van der Waals surface area (Å²) in [5.41, 5.74) is 4.45. The highest BCUT2D eigenvalue weighted by Gasteiger charge is 2.50. The van der Waals surface area contributed by atoms with E-state index in [9.17, 15) is 14.4 Å². The van der Waals surface area contributed by atoms with Crippen molar-refractivity contribution in [3.63, 3.8) is 0 Å². The van der Waals surface area contributed by atoms with Gasteiger partial charge in [0.2, 0.25) is 0 Å². The molecule has 7 heteroatoms. The van der Waals surface area contributed by atoms with Gasteiger partial charge in [-0.1, -0.05) is 60.7 Å². The summed E-state index contributed by atoms with van der Waals surface area (Å²) in [5.74, 6) is -0.852. The zero-order valence-corrected chi connectivity index (χ0v) is 16.9. The fourth-order valence-corrected chi connectivity index (χ4v) is 3.96. The molecule has 154 valence electrons. The van der Waals surface area contributed by atoms with E-state index in [0.29, 0.717) is 5.56 Å². The van der Waals surface area contributed by atoms with Crippen LogP contribution in [0.1, 0.15) is 24.5 Å². The quantitative estimate of drug-likeness (QED) is 0.646. The summed E-state index contributed by atoms with van der Waals surface area (Å²) in [6.07, 6.45) is 3.03. The van der Waals surface area contributed by atoms with E-state index in [-0.39, 0.29) is 12.5 Å². The number of imide groups is 1. The third-order valence-electron chi connectivity index (χ3n) is 5.72. The lowest BCUT2D eigenvalue weighted by Crippen LogP contribution is -3.13. The molecular formula is C23H25N4O3+. The van der Waals surface area contributed by atoms with Crippen LogP contribution in [0.25, 0.3) is 5.57 Å². The van der Waals surface area contributed by atoms with Crippen LogP contribution in [0.15, 0.2) is 66.7 Å². The molecule has 0 spiro atoms. The molecule has 0 radical (unpaired) electrons. The van der Waals surface area contributed by atoms with E-state index >= 15 is 0 Å². The van der Waals surface area contributed by atoms with Crippen LogP contribution < -0.4 is 15.6 Å². The molecule has 2 atom stereocenters. The van der Waals surface area contributed by atoms with Gasteiger partial charge in [0.15, 0.2) is 6.54 Å². The third kappa shape index (κ3) is 3.84. The van der Waals surface area contributed by atoms with Crippen molar-refractivity contribution < 1.29 is 19.3 Å². The minimum Gasteiger partial charge on any atom is -0.324 e. The van der Waals surface area contributed by atoms with Crippen LogP contribution in [0, 0.1) is 0 Å². The first-order valence-electron chi connectivity index (χ1n) is 10.1. The smallest absolute Gasteiger partial charge is 0.324 e. The fourth-order valence-electron chi connectivity index (χ4n) is 3.96. The lowest BCUT2D eigenvalue weighted by atomic mass is 9.92. The Morgan fingerprint density at radius 2 is 1.77 bits per heavy atom. The molecule has 4 rings (SSSR count). The Bertz CT molecular complexity index is 990. The van der Waals surface area contributed by atoms with Gasteiger partial charge in [0.05, 0.1) is 13.1 Å². The number of hydrogen-bond donors (Lipinski definition) is 3. The summed E-state index contributed by atoms with van der Waals surface area (Å²) >= 11 is 0. The van der Waals surface area contributed by atoms with E-state index < -0.39 is 17.5 Å². The molecule has 2 aliphatic rings. The Morgan fingerprint density at radius 1 is 1.10 bits per heavy atom. The molecule has 3 N–H and O–H groups in total. The van der Waals surface area contributed by atoms with Gasteiger partial charge >= 0.3 is 6.03 Å². The number of amides is 4. The first kappa shape index (κ1) is 19.8. The van der Waals surface area contributed by atoms with Crippen LogP contribution in [0.2, 0.25) is 0 Å². The maximum atomic E-state index is 12.9. The molecular weight excluding hydrogens is 380 g/mol. The van der Waals surface area contributed by atoms with Gasteiger partial charge in [-0.25, -0.2) is 4.79 Å². The van der Waals surface area contributed by atoms with Crippen LogP contribution in [0.4, 0.5) is 4.79 Å². The van der Waals surface area contributed by atoms with Crippen LogP contribution >= 0.6 is 0 Å². The van der Waals surface area contributed by atoms with Crippen LogP contribution in [0.3, 0.4) is 0 Å². The lowest BCUT2D eigenvalue weighted by Gasteiger charge is -2.24. The van der Waals surface area contributed by atoms with Gasteiger partial charge < -0.3 is 10.2 Å². The van der Waals surface area contributed by atoms with E-state index in [0.717, 1.165) is 29.4 Å². The van der Waals surface area contributed by atoms with Crippen molar-refractivity contribution in [1.29, 1.82) is 0 Å². The molecule has 0 aromatic heterocycles. The molecule has 1 saturated heterocycles. The van der Waals surface area contributed by atoms with Crippen molar-refractivity contribution in [2.24, 2.45) is 0 Å². The lowest BCUT2D eigenvalue weighted by molar-refractivity contribution is -0.886. The van der Waals surface area contributed by atoms with E-state index in [4.69, 9.17) is 0 Å². The van der Waals surface area contributed by atoms with Gasteiger partial charge in [-0.2, -0.15) is 5.01 Å². The standard InChI is InChI=1S/C23H24N4O3/c1-23(19-10-6-3-7-11-19)21(29)27(22(30)24-23)25-20(28)16-26-14-12-18(13-15-26)17-8-4-2-5-9-17/h2-12H,13-16H2,1H3,(H,24,30)(H,25,28)/p+1/t23-/m0/s1. The molecule has 2 aliphatic heterocycles. The number of rotatable bonds is 5. The Kier molecular flexibility index (Phi) is 5.37. The second kappa shape index (κ2) is 8.12. The van der Waals surface area contributed by atoms with Gasteiger partial charge in [-0.15, -0.1) is 0 Å². The number of urea groups is 1. The maximum absolute atomic E-state index is 12.9. The van der Waals surface area contributed by atoms with Gasteiger partial charge in [0.25, 0.3) is 11.8 Å². The highest BCUT2D eigenvalue weighted by atomic mass is 16.2. The van der Waals surface area contributed by atoms with Crippen LogP contribution in [-0.4, -0.2) is 42.5 Å². The summed E-state index contributed by atoms with van der Waals surface area (Å²) in [6.45, 7) is 3.37. The van der Waals surface area contributed by atoms with Crippen molar-refractivity contribution in [2.45, 2.75) is 18.9 Å². The topological polar surface area (TPSA) is 83.0 Å². The van der Waals surface area contributed by atoms with Gasteiger partial charge in [0, 0.05) is 6.42 Å². The minimum atomic E-state index is -1.20. The Morgan fingerprint density at radius 3 is 2.40 bits per heavy atom. The van der Waals surface area contributed by atoms with E-state index in [1.807, 2.05) is 24.3 Å². The third-order valence-corrected chi connectivity index (χ3v) is 5.72. The Hall–Kier alpha value is -3.45. The second-order valence-corrected chi connectivity index (χ2v) is 7.82. The van der Waals surface area contributed by atoms with Crippen molar-refractivity contribution in [3.05, 3.63) is 77.9 Å². The van der Waals surface area contributed by atoms with Crippen LogP contribution in [0.5, 0.6) is 0 Å².